The van der Waals surface area contributed by atoms with Crippen LogP contribution in [0.3, 0.4) is 0 Å². The lowest BCUT2D eigenvalue weighted by atomic mass is 10.1. The van der Waals surface area contributed by atoms with E-state index in [-0.39, 0.29) is 11.9 Å². The monoisotopic (exact) mass is 299 g/mol. The summed E-state index contributed by atoms with van der Waals surface area (Å²) in [5.74, 6) is 0.644. The van der Waals surface area contributed by atoms with E-state index >= 15 is 0 Å². The van der Waals surface area contributed by atoms with Crippen molar-refractivity contribution in [1.82, 2.24) is 24.6 Å². The van der Waals surface area contributed by atoms with Gasteiger partial charge in [-0.2, -0.15) is 5.10 Å². The molecule has 6 heteroatoms. The molecule has 0 fully saturated rings. The van der Waals surface area contributed by atoms with Crippen LogP contribution >= 0.6 is 0 Å². The van der Waals surface area contributed by atoms with Gasteiger partial charge in [-0.25, -0.2) is 9.37 Å². The molecule has 1 atom stereocenters. The zero-order valence-corrected chi connectivity index (χ0v) is 12.6. The molecule has 0 amide bonds. The van der Waals surface area contributed by atoms with Crippen LogP contribution in [0.1, 0.15) is 23.0 Å². The standard InChI is InChI=1S/C16H18FN5/c1-21-8-7-18-16(21)15(13-3-5-14(17)6-4-13)19-9-12-10-20-22(2)11-12/h3-8,10-11,15,19H,9H2,1-2H3. The number of nitrogens with zero attached hydrogens (tertiary/aromatic N) is 4. The van der Waals surface area contributed by atoms with E-state index in [2.05, 4.69) is 15.4 Å². The molecule has 0 aliphatic carbocycles. The van der Waals surface area contributed by atoms with Crippen LogP contribution in [0.25, 0.3) is 0 Å². The molecule has 0 aliphatic rings. The van der Waals surface area contributed by atoms with Gasteiger partial charge in [-0.05, 0) is 17.7 Å². The molecule has 3 rings (SSSR count). The van der Waals surface area contributed by atoms with Gasteiger partial charge in [-0.3, -0.25) is 10.00 Å². The highest BCUT2D eigenvalue weighted by molar-refractivity contribution is 5.26. The number of hydrogen-bond donors (Lipinski definition) is 1. The summed E-state index contributed by atoms with van der Waals surface area (Å²) in [4.78, 5) is 4.42. The number of imidazole rings is 1. The Hall–Kier alpha value is -2.47. The van der Waals surface area contributed by atoms with Crippen LogP contribution in [0.15, 0.2) is 49.1 Å². The highest BCUT2D eigenvalue weighted by Crippen LogP contribution is 2.21. The molecule has 3 aromatic rings. The number of nitrogens with one attached hydrogen (secondary N) is 1. The fourth-order valence-corrected chi connectivity index (χ4v) is 2.45. The maximum absolute atomic E-state index is 13.2. The molecule has 0 bridgehead atoms. The van der Waals surface area contributed by atoms with E-state index in [0.717, 1.165) is 17.0 Å². The molecule has 0 aliphatic heterocycles. The van der Waals surface area contributed by atoms with E-state index in [1.54, 1.807) is 23.0 Å². The topological polar surface area (TPSA) is 47.7 Å². The Balaban J connectivity index is 1.86. The van der Waals surface area contributed by atoms with Gasteiger partial charge in [-0.1, -0.05) is 12.1 Å². The molecule has 0 saturated heterocycles. The van der Waals surface area contributed by atoms with E-state index in [0.29, 0.717) is 6.54 Å². The molecule has 1 aromatic carbocycles. The number of benzene rings is 1. The molecular formula is C16H18FN5. The van der Waals surface area contributed by atoms with Crippen molar-refractivity contribution in [2.45, 2.75) is 12.6 Å². The van der Waals surface area contributed by atoms with Gasteiger partial charge >= 0.3 is 0 Å². The minimum Gasteiger partial charge on any atom is -0.336 e. The van der Waals surface area contributed by atoms with Crippen molar-refractivity contribution in [2.75, 3.05) is 0 Å². The second-order valence-electron chi connectivity index (χ2n) is 5.28. The summed E-state index contributed by atoms with van der Waals surface area (Å²) in [6.07, 6.45) is 7.45. The maximum atomic E-state index is 13.2. The van der Waals surface area contributed by atoms with Crippen molar-refractivity contribution < 1.29 is 4.39 Å². The van der Waals surface area contributed by atoms with Crippen LogP contribution in [0.2, 0.25) is 0 Å². The lowest BCUT2D eigenvalue weighted by Gasteiger charge is -2.19. The second kappa shape index (κ2) is 6.11. The van der Waals surface area contributed by atoms with Gasteiger partial charge in [-0.15, -0.1) is 0 Å². The minimum atomic E-state index is -0.241. The van der Waals surface area contributed by atoms with Gasteiger partial charge in [0, 0.05) is 44.8 Å². The summed E-state index contributed by atoms with van der Waals surface area (Å²) < 4.78 is 16.9. The van der Waals surface area contributed by atoms with Crippen LogP contribution in [0.5, 0.6) is 0 Å². The maximum Gasteiger partial charge on any atom is 0.130 e. The van der Waals surface area contributed by atoms with E-state index in [1.807, 2.05) is 37.3 Å². The Morgan fingerprint density at radius 2 is 2.00 bits per heavy atom. The van der Waals surface area contributed by atoms with Crippen LogP contribution in [-0.4, -0.2) is 19.3 Å². The van der Waals surface area contributed by atoms with E-state index in [9.17, 15) is 4.39 Å². The molecule has 0 radical (unpaired) electrons. The molecule has 5 nitrogen and oxygen atoms in total. The molecule has 2 aromatic heterocycles. The quantitative estimate of drug-likeness (QED) is 0.785. The summed E-state index contributed by atoms with van der Waals surface area (Å²) in [5, 5.41) is 7.63. The first kappa shape index (κ1) is 14.5. The Morgan fingerprint density at radius 3 is 2.59 bits per heavy atom. The number of aryl methyl sites for hydroxylation is 2. The smallest absolute Gasteiger partial charge is 0.130 e. The molecule has 0 spiro atoms. The van der Waals surface area contributed by atoms with Crippen molar-refractivity contribution in [1.29, 1.82) is 0 Å². The number of rotatable bonds is 5. The van der Waals surface area contributed by atoms with E-state index in [4.69, 9.17) is 0 Å². The van der Waals surface area contributed by atoms with Crippen molar-refractivity contribution >= 4 is 0 Å². The molecule has 2 heterocycles. The predicted octanol–water partition coefficient (Wildman–Crippen LogP) is 2.17. The summed E-state index contributed by atoms with van der Waals surface area (Å²) in [5.41, 5.74) is 2.06. The van der Waals surface area contributed by atoms with Gasteiger partial charge in [0.15, 0.2) is 0 Å². The summed E-state index contributed by atoms with van der Waals surface area (Å²) in [7, 11) is 3.84. The van der Waals surface area contributed by atoms with Crippen LogP contribution < -0.4 is 5.32 Å². The van der Waals surface area contributed by atoms with Crippen molar-refractivity contribution in [3.8, 4) is 0 Å². The largest absolute Gasteiger partial charge is 0.336 e. The van der Waals surface area contributed by atoms with Gasteiger partial charge in [0.2, 0.25) is 0 Å². The highest BCUT2D eigenvalue weighted by atomic mass is 19.1. The average Bonchev–Trinajstić information content (AvgIpc) is 3.10. The number of halogens is 1. The Labute approximate surface area is 128 Å². The SMILES string of the molecule is Cn1cc(CNC(c2ccc(F)cc2)c2nccn2C)cn1. The van der Waals surface area contributed by atoms with Gasteiger partial charge in [0.05, 0.1) is 12.2 Å². The predicted molar refractivity (Wildman–Crippen MR) is 81.5 cm³/mol. The first-order valence-electron chi connectivity index (χ1n) is 7.07. The Kier molecular flexibility index (Phi) is 4.02. The van der Waals surface area contributed by atoms with Crippen molar-refractivity contribution in [2.24, 2.45) is 14.1 Å². The van der Waals surface area contributed by atoms with Gasteiger partial charge in [0.25, 0.3) is 0 Å². The zero-order chi connectivity index (χ0) is 15.5. The van der Waals surface area contributed by atoms with Crippen molar-refractivity contribution in [3.63, 3.8) is 0 Å². The lowest BCUT2D eigenvalue weighted by Crippen LogP contribution is -2.24. The third kappa shape index (κ3) is 3.07. The fraction of sp³-hybridized carbons (Fsp3) is 0.250. The minimum absolute atomic E-state index is 0.110. The van der Waals surface area contributed by atoms with Crippen LogP contribution in [-0.2, 0) is 20.6 Å². The van der Waals surface area contributed by atoms with Gasteiger partial charge in [0.1, 0.15) is 11.6 Å². The normalized spacial score (nSPS) is 12.5. The van der Waals surface area contributed by atoms with Crippen molar-refractivity contribution in [3.05, 3.63) is 71.8 Å². The first-order chi connectivity index (χ1) is 10.6. The molecule has 22 heavy (non-hydrogen) atoms. The molecule has 1 N–H and O–H groups in total. The Bertz CT molecular complexity index is 744. The molecule has 1 unspecified atom stereocenters. The zero-order valence-electron chi connectivity index (χ0n) is 12.6. The summed E-state index contributed by atoms with van der Waals surface area (Å²) in [6, 6.07) is 6.39. The third-order valence-electron chi connectivity index (χ3n) is 3.59. The van der Waals surface area contributed by atoms with Crippen LogP contribution in [0.4, 0.5) is 4.39 Å². The molecular weight excluding hydrogens is 281 g/mol. The third-order valence-corrected chi connectivity index (χ3v) is 3.59. The summed E-state index contributed by atoms with van der Waals surface area (Å²) >= 11 is 0. The average molecular weight is 299 g/mol. The van der Waals surface area contributed by atoms with E-state index < -0.39 is 0 Å². The second-order valence-corrected chi connectivity index (χ2v) is 5.28. The van der Waals surface area contributed by atoms with Gasteiger partial charge < -0.3 is 4.57 Å². The molecule has 0 saturated carbocycles. The Morgan fingerprint density at radius 1 is 1.23 bits per heavy atom. The highest BCUT2D eigenvalue weighted by Gasteiger charge is 2.18. The van der Waals surface area contributed by atoms with E-state index in [1.165, 1.54) is 12.1 Å². The fourth-order valence-electron chi connectivity index (χ4n) is 2.45. The number of hydrogen-bond acceptors (Lipinski definition) is 3. The molecule has 114 valence electrons. The number of aromatic nitrogens is 4. The summed E-state index contributed by atoms with van der Waals surface area (Å²) in [6.45, 7) is 0.655. The lowest BCUT2D eigenvalue weighted by molar-refractivity contribution is 0.555. The van der Waals surface area contributed by atoms with Crippen LogP contribution in [0, 0.1) is 5.82 Å². The first-order valence-corrected chi connectivity index (χ1v) is 7.07.